The molecule has 0 aliphatic heterocycles. The van der Waals surface area contributed by atoms with Crippen molar-refractivity contribution in [1.29, 1.82) is 0 Å². The number of hydrogen-bond acceptors (Lipinski definition) is 1. The fourth-order valence-electron chi connectivity index (χ4n) is 0.717. The largest absolute Gasteiger partial charge is 0.388 e. The highest BCUT2D eigenvalue weighted by Crippen LogP contribution is 2.16. The molecular weight excluding hydrogens is 128 g/mol. The second-order valence-electron chi connectivity index (χ2n) is 3.77. The molecule has 0 saturated carbocycles. The first kappa shape index (κ1) is 9.92. The molecule has 0 aromatic carbocycles. The Morgan fingerprint density at radius 2 is 1.80 bits per heavy atom. The van der Waals surface area contributed by atoms with Crippen LogP contribution in [-0.2, 0) is 5.11 Å². The summed E-state index contributed by atoms with van der Waals surface area (Å²) < 4.78 is 0. The minimum Gasteiger partial charge on any atom is -0.388 e. The van der Waals surface area contributed by atoms with Crippen LogP contribution in [-0.4, -0.2) is 16.8 Å². The van der Waals surface area contributed by atoms with Gasteiger partial charge in [0.15, 0.2) is 0 Å². The summed E-state index contributed by atoms with van der Waals surface area (Å²) in [6, 6.07) is 0. The first-order chi connectivity index (χ1) is 4.34. The Bertz CT molecular complexity index is 91.9. The normalized spacial score (nSPS) is 15.9. The summed E-state index contributed by atoms with van der Waals surface area (Å²) in [6.45, 7) is 7.09. The zero-order valence-electron chi connectivity index (χ0n) is 7.22. The summed E-state index contributed by atoms with van der Waals surface area (Å²) >= 11 is 0. The van der Waals surface area contributed by atoms with Crippen molar-refractivity contribution < 1.29 is 10.2 Å². The van der Waals surface area contributed by atoms with Gasteiger partial charge in [0.1, 0.15) is 6.10 Å². The Morgan fingerprint density at radius 1 is 1.40 bits per heavy atom. The van der Waals surface area contributed by atoms with Crippen molar-refractivity contribution in [3.63, 3.8) is 0 Å². The van der Waals surface area contributed by atoms with Gasteiger partial charge in [0.05, 0.1) is 5.60 Å². The Balaban J connectivity index is 3.73. The Hall–Kier alpha value is -0.0800. The molecule has 0 bridgehead atoms. The summed E-state index contributed by atoms with van der Waals surface area (Å²) in [6.07, 6.45) is -0.309. The van der Waals surface area contributed by atoms with Crippen molar-refractivity contribution in [3.8, 4) is 0 Å². The van der Waals surface area contributed by atoms with Gasteiger partial charge in [-0.1, -0.05) is 13.8 Å². The van der Waals surface area contributed by atoms with E-state index in [1.165, 1.54) is 0 Å². The van der Waals surface area contributed by atoms with E-state index in [9.17, 15) is 10.2 Å². The Kier molecular flexibility index (Phi) is 3.33. The van der Waals surface area contributed by atoms with Gasteiger partial charge in [0, 0.05) is 0 Å². The van der Waals surface area contributed by atoms with E-state index in [0.717, 1.165) is 0 Å². The molecular formula is C8H17O2. The Morgan fingerprint density at radius 3 is 1.90 bits per heavy atom. The minimum absolute atomic E-state index is 0.369. The average Bonchev–Trinajstić information content (AvgIpc) is 1.60. The summed E-state index contributed by atoms with van der Waals surface area (Å²) in [5, 5.41) is 20.3. The molecule has 2 nitrogen and oxygen atoms in total. The van der Waals surface area contributed by atoms with Gasteiger partial charge in [-0.2, -0.15) is 0 Å². The molecule has 1 unspecified atom stereocenters. The van der Waals surface area contributed by atoms with E-state index in [1.54, 1.807) is 13.8 Å². The topological polar surface area (TPSA) is 40.1 Å². The van der Waals surface area contributed by atoms with E-state index >= 15 is 0 Å². The van der Waals surface area contributed by atoms with Gasteiger partial charge in [-0.15, -0.1) is 0 Å². The van der Waals surface area contributed by atoms with Crippen LogP contribution in [0, 0.1) is 5.92 Å². The first-order valence-corrected chi connectivity index (χ1v) is 3.72. The van der Waals surface area contributed by atoms with Crippen molar-refractivity contribution in [3.05, 3.63) is 0 Å². The monoisotopic (exact) mass is 145 g/mol. The first-order valence-electron chi connectivity index (χ1n) is 3.72. The van der Waals surface area contributed by atoms with Crippen LogP contribution < -0.4 is 0 Å². The maximum absolute atomic E-state index is 11.1. The molecule has 0 spiro atoms. The van der Waals surface area contributed by atoms with Gasteiger partial charge < -0.3 is 5.11 Å². The molecule has 0 aromatic heterocycles. The lowest BCUT2D eigenvalue weighted by atomic mass is 9.94. The van der Waals surface area contributed by atoms with Crippen LogP contribution in [0.5, 0.6) is 0 Å². The van der Waals surface area contributed by atoms with Gasteiger partial charge in [-0.05, 0) is 26.2 Å². The van der Waals surface area contributed by atoms with Crippen molar-refractivity contribution in [2.24, 2.45) is 5.92 Å². The standard InChI is InChI=1S/C8H17O2/c1-6(2)5-7(9)8(3,4)10/h6-7,10H,5H2,1-4H3. The summed E-state index contributed by atoms with van der Waals surface area (Å²) in [5.41, 5.74) is -1.07. The van der Waals surface area contributed by atoms with Gasteiger partial charge in [-0.3, -0.25) is 0 Å². The lowest BCUT2D eigenvalue weighted by molar-refractivity contribution is -0.0906. The average molecular weight is 145 g/mol. The molecule has 0 aliphatic rings. The van der Waals surface area contributed by atoms with Crippen LogP contribution in [0.2, 0.25) is 0 Å². The van der Waals surface area contributed by atoms with E-state index in [4.69, 9.17) is 0 Å². The molecule has 1 atom stereocenters. The highest BCUT2D eigenvalue weighted by Gasteiger charge is 2.26. The van der Waals surface area contributed by atoms with Gasteiger partial charge in [0.25, 0.3) is 0 Å². The summed E-state index contributed by atoms with van der Waals surface area (Å²) in [4.78, 5) is 0. The molecule has 0 amide bonds. The number of aliphatic hydroxyl groups is 1. The third kappa shape index (κ3) is 3.85. The van der Waals surface area contributed by atoms with Crippen LogP contribution >= 0.6 is 0 Å². The summed E-state index contributed by atoms with van der Waals surface area (Å²) in [7, 11) is 0. The van der Waals surface area contributed by atoms with Gasteiger partial charge in [-0.25, -0.2) is 5.11 Å². The molecule has 0 fully saturated rings. The lowest BCUT2D eigenvalue weighted by Crippen LogP contribution is -2.35. The fourth-order valence-corrected chi connectivity index (χ4v) is 0.717. The van der Waals surface area contributed by atoms with Crippen molar-refractivity contribution in [2.75, 3.05) is 0 Å². The predicted molar refractivity (Wildman–Crippen MR) is 40.2 cm³/mol. The second kappa shape index (κ2) is 3.35. The Labute approximate surface area is 62.9 Å². The van der Waals surface area contributed by atoms with Crippen LogP contribution in [0.3, 0.4) is 0 Å². The van der Waals surface area contributed by atoms with E-state index < -0.39 is 11.7 Å². The lowest BCUT2D eigenvalue weighted by Gasteiger charge is -2.23. The zero-order valence-corrected chi connectivity index (χ0v) is 7.22. The van der Waals surface area contributed by atoms with Crippen molar-refractivity contribution in [1.82, 2.24) is 0 Å². The highest BCUT2D eigenvalue weighted by atomic mass is 16.3. The van der Waals surface area contributed by atoms with Crippen molar-refractivity contribution >= 4 is 0 Å². The maximum Gasteiger partial charge on any atom is 0.121 e. The molecule has 10 heavy (non-hydrogen) atoms. The molecule has 0 rings (SSSR count). The predicted octanol–water partition coefficient (Wildman–Crippen LogP) is 1.60. The van der Waals surface area contributed by atoms with Gasteiger partial charge >= 0.3 is 0 Å². The van der Waals surface area contributed by atoms with Crippen LogP contribution in [0.25, 0.3) is 0 Å². The molecule has 0 heterocycles. The van der Waals surface area contributed by atoms with E-state index in [2.05, 4.69) is 0 Å². The SMILES string of the molecule is CC(C)CC([O])C(C)(C)O. The fraction of sp³-hybridized carbons (Fsp3) is 1.00. The summed E-state index contributed by atoms with van der Waals surface area (Å²) in [5.74, 6) is 0.369. The highest BCUT2D eigenvalue weighted by molar-refractivity contribution is 4.76. The van der Waals surface area contributed by atoms with E-state index in [0.29, 0.717) is 12.3 Å². The molecule has 0 aliphatic carbocycles. The molecule has 2 heteroatoms. The van der Waals surface area contributed by atoms with E-state index in [1.807, 2.05) is 13.8 Å². The molecule has 0 saturated heterocycles. The molecule has 0 aromatic rings. The number of rotatable bonds is 3. The van der Waals surface area contributed by atoms with Crippen LogP contribution in [0.4, 0.5) is 0 Å². The minimum atomic E-state index is -1.07. The third-order valence-electron chi connectivity index (χ3n) is 1.47. The molecule has 1 N–H and O–H groups in total. The second-order valence-corrected chi connectivity index (χ2v) is 3.77. The number of hydrogen-bond donors (Lipinski definition) is 1. The van der Waals surface area contributed by atoms with Gasteiger partial charge in [0.2, 0.25) is 0 Å². The third-order valence-corrected chi connectivity index (χ3v) is 1.47. The van der Waals surface area contributed by atoms with Crippen LogP contribution in [0.1, 0.15) is 34.1 Å². The van der Waals surface area contributed by atoms with E-state index in [-0.39, 0.29) is 0 Å². The molecule has 61 valence electrons. The van der Waals surface area contributed by atoms with Crippen molar-refractivity contribution in [2.45, 2.75) is 45.8 Å². The van der Waals surface area contributed by atoms with Crippen LogP contribution in [0.15, 0.2) is 0 Å². The molecule has 1 radical (unpaired) electrons. The quantitative estimate of drug-likeness (QED) is 0.643. The maximum atomic E-state index is 11.1. The smallest absolute Gasteiger partial charge is 0.121 e. The zero-order chi connectivity index (χ0) is 8.36.